The minimum atomic E-state index is -1.44. The molecule has 0 radical (unpaired) electrons. The molecule has 5 rings (SSSR count). The van der Waals surface area contributed by atoms with Gasteiger partial charge in [-0.1, -0.05) is 35.9 Å². The van der Waals surface area contributed by atoms with E-state index < -0.39 is 41.1 Å². The van der Waals surface area contributed by atoms with Gasteiger partial charge in [-0.3, -0.25) is 14.2 Å². The highest BCUT2D eigenvalue weighted by Gasteiger charge is 2.26. The number of hydrogen-bond donors (Lipinski definition) is 0. The Hall–Kier alpha value is -4.94. The highest BCUT2D eigenvalue weighted by molar-refractivity contribution is 6.32. The van der Waals surface area contributed by atoms with Gasteiger partial charge in [0.15, 0.2) is 5.75 Å². The maximum atomic E-state index is 14.4. The number of nitrogens with zero attached hydrogens (tertiary/aromatic N) is 3. The van der Waals surface area contributed by atoms with Crippen molar-refractivity contribution in [3.63, 3.8) is 0 Å². The van der Waals surface area contributed by atoms with Crippen LogP contribution in [0, 0.1) is 5.82 Å². The van der Waals surface area contributed by atoms with Crippen molar-refractivity contribution >= 4 is 29.4 Å². The Morgan fingerprint density at radius 2 is 1.66 bits per heavy atom. The van der Waals surface area contributed by atoms with Gasteiger partial charge in [0, 0.05) is 18.2 Å². The lowest BCUT2D eigenvalue weighted by Crippen LogP contribution is -2.46. The summed E-state index contributed by atoms with van der Waals surface area (Å²) in [6, 6.07) is 14.2. The first-order valence-corrected chi connectivity index (χ1v) is 12.6. The minimum absolute atomic E-state index is 0.0177. The largest absolute Gasteiger partial charge is 0.421 e. The molecule has 2 aromatic heterocycles. The van der Waals surface area contributed by atoms with Gasteiger partial charge in [0.2, 0.25) is 11.7 Å². The molecule has 0 N–H and O–H groups in total. The molecule has 0 saturated carbocycles. The van der Waals surface area contributed by atoms with Gasteiger partial charge in [-0.25, -0.2) is 19.4 Å². The average Bonchev–Trinajstić information content (AvgIpc) is 3.52. The number of pyridine rings is 1. The van der Waals surface area contributed by atoms with Gasteiger partial charge in [0.1, 0.15) is 11.3 Å². The normalized spacial score (nSPS) is 14.4. The summed E-state index contributed by atoms with van der Waals surface area (Å²) in [6.07, 6.45) is 2.03. The third-order valence-corrected chi connectivity index (χ3v) is 6.32. The van der Waals surface area contributed by atoms with Crippen LogP contribution in [0.4, 0.5) is 4.39 Å². The van der Waals surface area contributed by atoms with Crippen molar-refractivity contribution < 1.29 is 33.0 Å². The first-order chi connectivity index (χ1) is 19.7. The van der Waals surface area contributed by atoms with Gasteiger partial charge in [0.05, 0.1) is 23.5 Å². The van der Waals surface area contributed by atoms with Gasteiger partial charge in [-0.15, -0.1) is 0 Å². The number of carbonyl (C=O) groups is 3. The van der Waals surface area contributed by atoms with Crippen LogP contribution in [0.2, 0.25) is 5.02 Å². The fraction of sp³-hybridized carbons (Fsp3) is 0.143. The van der Waals surface area contributed by atoms with Crippen molar-refractivity contribution in [2.24, 2.45) is 0 Å². The van der Waals surface area contributed by atoms with Crippen molar-refractivity contribution in [3.8, 4) is 11.6 Å². The summed E-state index contributed by atoms with van der Waals surface area (Å²) in [6.45, 7) is 0.343. The zero-order chi connectivity index (χ0) is 29.1. The van der Waals surface area contributed by atoms with Gasteiger partial charge in [-0.05, 0) is 43.2 Å². The Morgan fingerprint density at radius 3 is 2.39 bits per heavy atom. The molecule has 3 heterocycles. The zero-order valence-electron chi connectivity index (χ0n) is 21.0. The number of esters is 2. The zero-order valence-corrected chi connectivity index (χ0v) is 21.7. The number of ether oxygens (including phenoxy) is 3. The lowest BCUT2D eigenvalue weighted by atomic mass is 10.1. The molecule has 41 heavy (non-hydrogen) atoms. The SMILES string of the molecule is O=C(Oc1cc(OC(=O)c2ccccc2)c(Cl)cn1)c1cccc(C(=O)n2c(=O)c(F)cn(C3CCCO3)c2=O)c1. The Balaban J connectivity index is 1.38. The molecule has 13 heteroatoms. The summed E-state index contributed by atoms with van der Waals surface area (Å²) in [5, 5.41) is -0.0177. The third kappa shape index (κ3) is 5.83. The summed E-state index contributed by atoms with van der Waals surface area (Å²) >= 11 is 6.08. The van der Waals surface area contributed by atoms with Crippen LogP contribution in [0.25, 0.3) is 0 Å². The van der Waals surface area contributed by atoms with Crippen LogP contribution in [-0.2, 0) is 4.74 Å². The monoisotopic (exact) mass is 579 g/mol. The molecule has 2 aromatic carbocycles. The molecular formula is C28H19ClFN3O8. The number of rotatable bonds is 6. The van der Waals surface area contributed by atoms with Gasteiger partial charge < -0.3 is 14.2 Å². The van der Waals surface area contributed by atoms with Crippen LogP contribution in [0.1, 0.15) is 50.1 Å². The maximum absolute atomic E-state index is 14.4. The molecule has 208 valence electrons. The van der Waals surface area contributed by atoms with Crippen LogP contribution in [0.5, 0.6) is 11.6 Å². The Labute approximate surface area is 235 Å². The van der Waals surface area contributed by atoms with E-state index in [9.17, 15) is 28.4 Å². The summed E-state index contributed by atoms with van der Waals surface area (Å²) in [7, 11) is 0. The molecule has 0 amide bonds. The quantitative estimate of drug-likeness (QED) is 0.314. The van der Waals surface area contributed by atoms with E-state index in [0.717, 1.165) is 22.9 Å². The minimum Gasteiger partial charge on any atom is -0.421 e. The molecule has 11 nitrogen and oxygen atoms in total. The Morgan fingerprint density at radius 1 is 0.951 bits per heavy atom. The highest BCUT2D eigenvalue weighted by atomic mass is 35.5. The second-order valence-corrected chi connectivity index (χ2v) is 9.17. The predicted octanol–water partition coefficient (Wildman–Crippen LogP) is 3.63. The van der Waals surface area contributed by atoms with Crippen molar-refractivity contribution in [1.82, 2.24) is 14.1 Å². The van der Waals surface area contributed by atoms with E-state index in [2.05, 4.69) is 4.98 Å². The summed E-state index contributed by atoms with van der Waals surface area (Å²) in [5.41, 5.74) is -2.67. The number of benzene rings is 2. The van der Waals surface area contributed by atoms with E-state index in [-0.39, 0.29) is 37.9 Å². The maximum Gasteiger partial charge on any atom is 0.344 e. The number of carbonyl (C=O) groups excluding carboxylic acids is 3. The van der Waals surface area contributed by atoms with E-state index in [1.54, 1.807) is 30.3 Å². The standard InChI is InChI=1S/C28H19ClFN3O8/c29-19-14-31-22(13-21(19)40-26(36)16-6-2-1-3-7-16)41-27(37)18-9-4-8-17(12-18)24(34)33-25(35)20(30)15-32(28(33)38)23-10-5-11-39-23/h1-4,6-9,12-15,23H,5,10-11H2. The molecule has 1 atom stereocenters. The molecule has 0 bridgehead atoms. The molecule has 0 spiro atoms. The smallest absolute Gasteiger partial charge is 0.344 e. The fourth-order valence-corrected chi connectivity index (χ4v) is 4.18. The van der Waals surface area contributed by atoms with Gasteiger partial charge in [-0.2, -0.15) is 8.96 Å². The predicted molar refractivity (Wildman–Crippen MR) is 141 cm³/mol. The fourth-order valence-electron chi connectivity index (χ4n) is 4.04. The van der Waals surface area contributed by atoms with Crippen molar-refractivity contribution in [2.75, 3.05) is 6.61 Å². The molecule has 4 aromatic rings. The van der Waals surface area contributed by atoms with Crippen LogP contribution in [0.3, 0.4) is 0 Å². The third-order valence-electron chi connectivity index (χ3n) is 6.04. The van der Waals surface area contributed by atoms with Crippen molar-refractivity contribution in [2.45, 2.75) is 19.1 Å². The number of hydrogen-bond acceptors (Lipinski definition) is 9. The van der Waals surface area contributed by atoms with Crippen molar-refractivity contribution in [1.29, 1.82) is 0 Å². The molecular weight excluding hydrogens is 561 g/mol. The lowest BCUT2D eigenvalue weighted by Gasteiger charge is -2.15. The molecule has 1 saturated heterocycles. The van der Waals surface area contributed by atoms with E-state index in [4.69, 9.17) is 25.8 Å². The van der Waals surface area contributed by atoms with Gasteiger partial charge >= 0.3 is 17.6 Å². The molecule has 1 fully saturated rings. The topological polar surface area (TPSA) is 136 Å². The van der Waals surface area contributed by atoms with E-state index >= 15 is 0 Å². The summed E-state index contributed by atoms with van der Waals surface area (Å²) < 4.78 is 31.3. The highest BCUT2D eigenvalue weighted by Crippen LogP contribution is 2.28. The van der Waals surface area contributed by atoms with Crippen LogP contribution in [-0.4, -0.2) is 38.6 Å². The second kappa shape index (κ2) is 11.7. The average molecular weight is 580 g/mol. The first kappa shape index (κ1) is 27.6. The van der Waals surface area contributed by atoms with Crippen LogP contribution < -0.4 is 20.7 Å². The van der Waals surface area contributed by atoms with Crippen LogP contribution in [0.15, 0.2) is 82.6 Å². The van der Waals surface area contributed by atoms with Crippen LogP contribution >= 0.6 is 11.6 Å². The first-order valence-electron chi connectivity index (χ1n) is 12.2. The molecule has 1 aliphatic heterocycles. The van der Waals surface area contributed by atoms with Crippen molar-refractivity contribution in [3.05, 3.63) is 121 Å². The Kier molecular flexibility index (Phi) is 7.86. The lowest BCUT2D eigenvalue weighted by molar-refractivity contribution is 0.0501. The van der Waals surface area contributed by atoms with E-state index in [1.165, 1.54) is 18.2 Å². The Bertz CT molecular complexity index is 1780. The number of halogens is 2. The van der Waals surface area contributed by atoms with E-state index in [0.29, 0.717) is 25.6 Å². The van der Waals surface area contributed by atoms with Gasteiger partial charge in [0.25, 0.3) is 11.5 Å². The summed E-state index contributed by atoms with van der Waals surface area (Å²) in [5.74, 6) is -4.53. The second-order valence-electron chi connectivity index (χ2n) is 8.76. The number of aromatic nitrogens is 3. The summed E-state index contributed by atoms with van der Waals surface area (Å²) in [4.78, 5) is 67.7. The molecule has 0 aliphatic carbocycles. The molecule has 1 unspecified atom stereocenters. The molecule has 1 aliphatic rings. The van der Waals surface area contributed by atoms with E-state index in [1.807, 2.05) is 0 Å².